The number of rotatable bonds is 3. The van der Waals surface area contributed by atoms with Gasteiger partial charge in [0.2, 0.25) is 0 Å². The summed E-state index contributed by atoms with van der Waals surface area (Å²) < 4.78 is 16.4. The molecule has 142 valence electrons. The molecule has 4 rings (SSSR count). The lowest BCUT2D eigenvalue weighted by Crippen LogP contribution is -2.37. The summed E-state index contributed by atoms with van der Waals surface area (Å²) in [7, 11) is 0. The molecule has 0 saturated carbocycles. The maximum absolute atomic E-state index is 14.8. The molecule has 3 N–H and O–H groups in total. The Balaban J connectivity index is 1.71. The predicted octanol–water partition coefficient (Wildman–Crippen LogP) is 2.96. The smallest absolute Gasteiger partial charge is 0.274 e. The molecule has 0 saturated heterocycles. The molecule has 0 fully saturated rings. The van der Waals surface area contributed by atoms with Crippen LogP contribution in [0.5, 0.6) is 0 Å². The van der Waals surface area contributed by atoms with Crippen molar-refractivity contribution in [2.24, 2.45) is 10.7 Å². The summed E-state index contributed by atoms with van der Waals surface area (Å²) in [4.78, 5) is 20.9. The highest BCUT2D eigenvalue weighted by Gasteiger charge is 2.37. The number of amides is 1. The minimum absolute atomic E-state index is 0.194. The third-order valence-corrected chi connectivity index (χ3v) is 4.83. The van der Waals surface area contributed by atoms with Gasteiger partial charge in [0.05, 0.1) is 17.3 Å². The average Bonchev–Trinajstić information content (AvgIpc) is 3.13. The van der Waals surface area contributed by atoms with Gasteiger partial charge in [-0.1, -0.05) is 11.6 Å². The summed E-state index contributed by atoms with van der Waals surface area (Å²) in [6, 6.07) is 9.16. The number of benzene rings is 1. The van der Waals surface area contributed by atoms with Crippen molar-refractivity contribution in [1.29, 1.82) is 0 Å². The molecule has 1 atom stereocenters. The number of carbonyl (C=O) groups excluding carboxylic acids is 1. The first kappa shape index (κ1) is 18.1. The fraction of sp³-hybridized carbons (Fsp3) is 0.158. The lowest BCUT2D eigenvalue weighted by Gasteiger charge is -2.31. The van der Waals surface area contributed by atoms with Gasteiger partial charge in [-0.05, 0) is 43.3 Å². The zero-order valence-corrected chi connectivity index (χ0v) is 15.6. The minimum atomic E-state index is -1.07. The Morgan fingerprint density at radius 2 is 2.14 bits per heavy atom. The third kappa shape index (κ3) is 3.11. The number of anilines is 1. The topological polar surface area (TPSA) is 98.2 Å². The molecule has 0 aliphatic carbocycles. The first-order valence-corrected chi connectivity index (χ1v) is 8.84. The Morgan fingerprint density at radius 3 is 2.89 bits per heavy atom. The number of carbonyl (C=O) groups is 1. The van der Waals surface area contributed by atoms with Crippen molar-refractivity contribution in [3.05, 3.63) is 76.6 Å². The molecule has 1 aliphatic heterocycles. The van der Waals surface area contributed by atoms with E-state index in [2.05, 4.69) is 20.4 Å². The van der Waals surface area contributed by atoms with Gasteiger partial charge < -0.3 is 11.1 Å². The van der Waals surface area contributed by atoms with Gasteiger partial charge in [-0.3, -0.25) is 14.5 Å². The lowest BCUT2D eigenvalue weighted by molar-refractivity contribution is 0.102. The maximum Gasteiger partial charge on any atom is 0.274 e. The largest absolute Gasteiger partial charge is 0.386 e. The second-order valence-electron chi connectivity index (χ2n) is 6.56. The molecule has 0 radical (unpaired) electrons. The number of fused-ring (bicyclic) bond motifs is 1. The molecule has 2 aromatic heterocycles. The van der Waals surface area contributed by atoms with Crippen LogP contribution in [0.1, 0.15) is 28.7 Å². The second kappa shape index (κ2) is 6.72. The highest BCUT2D eigenvalue weighted by Crippen LogP contribution is 2.38. The fourth-order valence-corrected chi connectivity index (χ4v) is 3.40. The van der Waals surface area contributed by atoms with E-state index in [1.54, 1.807) is 36.0 Å². The molecule has 1 aromatic carbocycles. The van der Waals surface area contributed by atoms with Gasteiger partial charge in [-0.2, -0.15) is 5.10 Å². The Labute approximate surface area is 165 Å². The summed E-state index contributed by atoms with van der Waals surface area (Å²) in [5.74, 6) is -0.551. The van der Waals surface area contributed by atoms with Crippen molar-refractivity contribution in [3.8, 4) is 0 Å². The van der Waals surface area contributed by atoms with Gasteiger partial charge in [-0.25, -0.2) is 9.37 Å². The summed E-state index contributed by atoms with van der Waals surface area (Å²) in [5, 5.41) is 7.37. The summed E-state index contributed by atoms with van der Waals surface area (Å²) in [6.45, 7) is 2.11. The van der Waals surface area contributed by atoms with E-state index >= 15 is 0 Å². The number of aromatic nitrogens is 3. The fourth-order valence-electron chi connectivity index (χ4n) is 3.29. The van der Waals surface area contributed by atoms with E-state index < -0.39 is 17.3 Å². The molecule has 9 heteroatoms. The zero-order valence-electron chi connectivity index (χ0n) is 14.9. The van der Waals surface area contributed by atoms with Gasteiger partial charge in [-0.15, -0.1) is 0 Å². The molecule has 1 unspecified atom stereocenters. The number of nitrogens with two attached hydrogens (primary N) is 1. The van der Waals surface area contributed by atoms with Crippen LogP contribution in [-0.4, -0.2) is 26.5 Å². The molecule has 1 amide bonds. The first-order valence-electron chi connectivity index (χ1n) is 8.46. The number of hydrogen-bond acceptors (Lipinski definition) is 5. The third-order valence-electron chi connectivity index (χ3n) is 4.60. The molecule has 3 aromatic rings. The van der Waals surface area contributed by atoms with E-state index in [1.165, 1.54) is 24.4 Å². The van der Waals surface area contributed by atoms with Gasteiger partial charge >= 0.3 is 0 Å². The summed E-state index contributed by atoms with van der Waals surface area (Å²) in [6.07, 6.45) is 3.01. The van der Waals surface area contributed by atoms with E-state index in [4.69, 9.17) is 17.3 Å². The molecular formula is C19H16ClFN6O. The number of amidine groups is 1. The molecule has 7 nitrogen and oxygen atoms in total. The Bertz CT molecular complexity index is 1090. The number of aliphatic imine (C=N–C) groups is 1. The van der Waals surface area contributed by atoms with Crippen molar-refractivity contribution in [3.63, 3.8) is 0 Å². The van der Waals surface area contributed by atoms with Crippen LogP contribution in [0.2, 0.25) is 5.02 Å². The maximum atomic E-state index is 14.8. The predicted molar refractivity (Wildman–Crippen MR) is 104 cm³/mol. The van der Waals surface area contributed by atoms with Crippen LogP contribution in [0.25, 0.3) is 0 Å². The van der Waals surface area contributed by atoms with Crippen molar-refractivity contribution >= 4 is 29.0 Å². The van der Waals surface area contributed by atoms with Gasteiger partial charge in [0, 0.05) is 23.6 Å². The first-order chi connectivity index (χ1) is 13.4. The van der Waals surface area contributed by atoms with Crippen LogP contribution >= 0.6 is 11.6 Å². The molecule has 0 spiro atoms. The summed E-state index contributed by atoms with van der Waals surface area (Å²) in [5.41, 5.74) is 6.48. The van der Waals surface area contributed by atoms with Gasteiger partial charge in [0.15, 0.2) is 0 Å². The quantitative estimate of drug-likeness (QED) is 0.708. The number of pyridine rings is 1. The second-order valence-corrected chi connectivity index (χ2v) is 7.00. The standard InChI is InChI=1S/C19H16ClFN6O/c1-19(16-6-7-24-27(16)10-17(22)26-19)13-8-12(3-4-14(13)21)25-18(28)15-5-2-11(20)9-23-15/h2-9H,10H2,1H3,(H2,22,26)(H,25,28). The van der Waals surface area contributed by atoms with E-state index in [0.717, 1.165) is 0 Å². The lowest BCUT2D eigenvalue weighted by atomic mass is 9.87. The molecule has 0 bridgehead atoms. The molecule has 28 heavy (non-hydrogen) atoms. The Morgan fingerprint density at radius 1 is 1.32 bits per heavy atom. The van der Waals surface area contributed by atoms with Gasteiger partial charge in [0.25, 0.3) is 5.91 Å². The highest BCUT2D eigenvalue weighted by molar-refractivity contribution is 6.30. The number of nitrogens with one attached hydrogen (secondary N) is 1. The minimum Gasteiger partial charge on any atom is -0.386 e. The highest BCUT2D eigenvalue weighted by atomic mass is 35.5. The van der Waals surface area contributed by atoms with E-state index in [9.17, 15) is 9.18 Å². The molecular weight excluding hydrogens is 383 g/mol. The van der Waals surface area contributed by atoms with Crippen LogP contribution in [0.15, 0.2) is 53.8 Å². The van der Waals surface area contributed by atoms with E-state index in [1.807, 2.05) is 0 Å². The summed E-state index contributed by atoms with van der Waals surface area (Å²) >= 11 is 5.79. The number of hydrogen-bond donors (Lipinski definition) is 2. The monoisotopic (exact) mass is 398 g/mol. The molecule has 3 heterocycles. The van der Waals surface area contributed by atoms with E-state index in [0.29, 0.717) is 28.8 Å². The van der Waals surface area contributed by atoms with Crippen LogP contribution in [0.3, 0.4) is 0 Å². The Kier molecular flexibility index (Phi) is 4.35. The van der Waals surface area contributed by atoms with E-state index in [-0.39, 0.29) is 11.3 Å². The molecule has 1 aliphatic rings. The van der Waals surface area contributed by atoms with Crippen molar-refractivity contribution < 1.29 is 9.18 Å². The van der Waals surface area contributed by atoms with Crippen LogP contribution < -0.4 is 11.1 Å². The van der Waals surface area contributed by atoms with Crippen LogP contribution in [0, 0.1) is 5.82 Å². The average molecular weight is 399 g/mol. The van der Waals surface area contributed by atoms with Crippen LogP contribution in [0.4, 0.5) is 10.1 Å². The van der Waals surface area contributed by atoms with Crippen molar-refractivity contribution in [2.45, 2.75) is 19.0 Å². The normalized spacial score (nSPS) is 18.3. The van der Waals surface area contributed by atoms with Gasteiger partial charge in [0.1, 0.15) is 22.9 Å². The zero-order chi connectivity index (χ0) is 19.9. The number of nitrogens with zero attached hydrogens (tertiary/aromatic N) is 4. The van der Waals surface area contributed by atoms with Crippen molar-refractivity contribution in [1.82, 2.24) is 14.8 Å². The SMILES string of the molecule is CC1(c2cc(NC(=O)c3ccc(Cl)cn3)ccc2F)N=C(N)Cn2nccc21. The number of halogens is 2. The van der Waals surface area contributed by atoms with Crippen molar-refractivity contribution in [2.75, 3.05) is 5.32 Å². The van der Waals surface area contributed by atoms with Crippen LogP contribution in [-0.2, 0) is 12.1 Å². The Hall–Kier alpha value is -3.26.